The lowest BCUT2D eigenvalue weighted by molar-refractivity contribution is 0.162. The molecule has 0 N–H and O–H groups in total. The van der Waals surface area contributed by atoms with Gasteiger partial charge >= 0.3 is 0 Å². The van der Waals surface area contributed by atoms with Crippen LogP contribution in [0.4, 0.5) is 22.7 Å². The van der Waals surface area contributed by atoms with Gasteiger partial charge in [0.15, 0.2) is 0 Å². The van der Waals surface area contributed by atoms with E-state index in [0.29, 0.717) is 23.7 Å². The third kappa shape index (κ3) is 9.29. The summed E-state index contributed by atoms with van der Waals surface area (Å²) in [5.41, 5.74) is 32.0. The molecule has 4 fully saturated rings. The van der Waals surface area contributed by atoms with Crippen LogP contribution < -0.4 is 9.80 Å². The number of hydrogen-bond donors (Lipinski definition) is 0. The number of allylic oxidation sites excluding steroid dienone is 2. The Kier molecular flexibility index (Phi) is 14.2. The van der Waals surface area contributed by atoms with Crippen LogP contribution >= 0.6 is 11.3 Å². The fourth-order valence-electron chi connectivity index (χ4n) is 24.9. The summed E-state index contributed by atoms with van der Waals surface area (Å²) in [5.74, 6) is 5.21. The van der Waals surface area contributed by atoms with E-state index in [4.69, 9.17) is 13.3 Å². The molecule has 8 aliphatic carbocycles. The zero-order valence-electron chi connectivity index (χ0n) is 64.1. The third-order valence-electron chi connectivity index (χ3n) is 29.4. The molecule has 0 radical (unpaired) electrons. The van der Waals surface area contributed by atoms with Crippen molar-refractivity contribution >= 4 is 121 Å². The first-order valence-corrected chi connectivity index (χ1v) is 42.7. The maximum Gasteiger partial charge on any atom is 0.136 e. The van der Waals surface area contributed by atoms with Crippen molar-refractivity contribution in [3.8, 4) is 55.6 Å². The smallest absolute Gasteiger partial charge is 0.136 e. The third-order valence-corrected chi connectivity index (χ3v) is 30.6. The minimum absolute atomic E-state index is 0.0159. The topological polar surface area (TPSA) is 45.9 Å². The summed E-state index contributed by atoms with van der Waals surface area (Å²) in [6, 6.07) is 103. The Balaban J connectivity index is 0.598. The molecule has 13 aromatic carbocycles. The molecule has 0 aliphatic heterocycles. The van der Waals surface area contributed by atoms with Crippen molar-refractivity contribution in [2.75, 3.05) is 9.80 Å². The van der Waals surface area contributed by atoms with E-state index in [2.05, 4.69) is 327 Å². The van der Waals surface area contributed by atoms with Gasteiger partial charge in [-0.25, -0.2) is 0 Å². The van der Waals surface area contributed by atoms with E-state index in [1.54, 1.807) is 16.7 Å². The van der Waals surface area contributed by atoms with Crippen molar-refractivity contribution in [3.05, 3.63) is 336 Å². The minimum atomic E-state index is 0.0159. The molecule has 17 aromatic rings. The van der Waals surface area contributed by atoms with Gasteiger partial charge in [-0.1, -0.05) is 245 Å². The van der Waals surface area contributed by atoms with Gasteiger partial charge < -0.3 is 23.1 Å². The average Bonchev–Trinajstić information content (AvgIpc) is 1.53. The van der Waals surface area contributed by atoms with E-state index in [1.165, 1.54) is 161 Å². The van der Waals surface area contributed by atoms with Crippen molar-refractivity contribution in [3.63, 3.8) is 0 Å². The zero-order valence-corrected chi connectivity index (χ0v) is 64.9. The number of thiophene rings is 1. The second-order valence-electron chi connectivity index (χ2n) is 34.7. The molecule has 6 heteroatoms. The predicted molar refractivity (Wildman–Crippen MR) is 474 cm³/mol. The fourth-order valence-corrected chi connectivity index (χ4v) is 26.2. The summed E-state index contributed by atoms with van der Waals surface area (Å²) < 4.78 is 22.8. The molecule has 0 amide bonds. The number of furan rings is 3. The van der Waals surface area contributed by atoms with Crippen molar-refractivity contribution in [2.24, 2.45) is 35.5 Å². The molecule has 25 rings (SSSR count). The van der Waals surface area contributed by atoms with Gasteiger partial charge in [0.05, 0.1) is 12.1 Å². The SMILES string of the molecule is C[C@@H]1CC2CCC(C2)C12c1ccccc1-c1cc(N(C3C=CC(c4ccccc4-c4cccc5oc6ccccc6c45)=CC3)C3C=Cc4c(oc5ccc6c7ccc(N(c8ccc(-c9ccccc9-c9cccc%10oc%11ccccc%11c9%10)cc8)c8ccc9c(c8)-c8ccccc8C98C9CCC(C9)C[C@@H]8C)cc7sc6c45)C3)ccc12. The maximum absolute atomic E-state index is 7.30. The predicted octanol–water partition coefficient (Wildman–Crippen LogP) is 29.4. The molecule has 5 nitrogen and oxygen atoms in total. The highest BCUT2D eigenvalue weighted by Crippen LogP contribution is 2.68. The summed E-state index contributed by atoms with van der Waals surface area (Å²) in [6.07, 6.45) is 24.6. The highest BCUT2D eigenvalue weighted by molar-refractivity contribution is 7.26. The molecule has 114 heavy (non-hydrogen) atoms. The van der Waals surface area contributed by atoms with E-state index in [-0.39, 0.29) is 22.9 Å². The number of rotatable bonds is 10. The monoisotopic (exact) mass is 1490 g/mol. The van der Waals surface area contributed by atoms with Crippen LogP contribution in [0.3, 0.4) is 0 Å². The molecule has 4 bridgehead atoms. The van der Waals surface area contributed by atoms with E-state index in [9.17, 15) is 0 Å². The molecule has 2 spiro atoms. The average molecular weight is 1490 g/mol. The number of fused-ring (bicyclic) bond motifs is 29. The van der Waals surface area contributed by atoms with Crippen LogP contribution in [-0.4, -0.2) is 12.1 Å². The van der Waals surface area contributed by atoms with Gasteiger partial charge in [-0.3, -0.25) is 0 Å². The number of para-hydroxylation sites is 2. The molecule has 0 saturated heterocycles. The second-order valence-corrected chi connectivity index (χ2v) is 35.8. The normalized spacial score (nSPS) is 23.4. The molecule has 8 unspecified atom stereocenters. The van der Waals surface area contributed by atoms with Crippen LogP contribution in [0.1, 0.15) is 111 Å². The standard InChI is InChI=1S/C108H84N2O3S/c1-63-55-65-33-39-69(57-65)107(63)92-27-11-7-21-81(92)90-59-73(47-52-94(90)107)109(71-41-35-67(36-42-71)77-17-3-5-19-79(77)84-25-15-31-98-103(84)87-23-9-13-29-96(87)111-98)75-46-50-89-101(61-75)113-100-54-51-86-83-49-45-76(62-102(83)114-106(86)105(89)100)110(74-48-53-95-91(60-74)82-22-8-12-28-93(82)108(95)64(2)56-66-34-40-70(108)58-66)72-43-37-68(38-44-72)78-18-4-6-20-80(78)85-26-16-32-99-104(85)88-24-10-14-30-97(88)112-99/h3-32,35-38,41,43-54,59-60,62-66,69-71,75H,33-34,39-40,42,55-58,61H2,1-2H3/t63-,64+,65?,66?,69?,70?,71?,75?,107?,108?/m1/s1. The first-order chi connectivity index (χ1) is 56.3. The molecular weight excluding hydrogens is 1410 g/mol. The first kappa shape index (κ1) is 65.6. The summed E-state index contributed by atoms with van der Waals surface area (Å²) in [6.45, 7) is 5.15. The van der Waals surface area contributed by atoms with Gasteiger partial charge in [0.25, 0.3) is 0 Å². The Bertz CT molecular complexity index is 7030. The number of hydrogen-bond acceptors (Lipinski definition) is 6. The van der Waals surface area contributed by atoms with Gasteiger partial charge in [0.1, 0.15) is 33.7 Å². The van der Waals surface area contributed by atoms with Gasteiger partial charge in [0, 0.05) is 92.7 Å². The lowest BCUT2D eigenvalue weighted by atomic mass is 9.56. The zero-order chi connectivity index (χ0) is 74.8. The molecule has 4 saturated carbocycles. The number of benzene rings is 13. The van der Waals surface area contributed by atoms with Crippen LogP contribution in [0, 0.1) is 35.5 Å². The Hall–Kier alpha value is -12.0. The van der Waals surface area contributed by atoms with E-state index in [0.717, 1.165) is 96.8 Å². The van der Waals surface area contributed by atoms with Crippen molar-refractivity contribution < 1.29 is 13.3 Å². The van der Waals surface area contributed by atoms with E-state index >= 15 is 0 Å². The highest BCUT2D eigenvalue weighted by atomic mass is 32.1. The van der Waals surface area contributed by atoms with Gasteiger partial charge in [-0.2, -0.15) is 0 Å². The Morgan fingerprint density at radius 2 is 0.860 bits per heavy atom. The van der Waals surface area contributed by atoms with Gasteiger partial charge in [0.2, 0.25) is 0 Å². The molecular formula is C108H84N2O3S. The van der Waals surface area contributed by atoms with Crippen molar-refractivity contribution in [1.82, 2.24) is 0 Å². The fraction of sp³-hybridized carbons (Fsp3) is 0.204. The largest absolute Gasteiger partial charge is 0.460 e. The highest BCUT2D eigenvalue weighted by Gasteiger charge is 2.59. The van der Waals surface area contributed by atoms with E-state index < -0.39 is 0 Å². The van der Waals surface area contributed by atoms with Crippen molar-refractivity contribution in [1.29, 1.82) is 0 Å². The molecule has 8 aliphatic rings. The van der Waals surface area contributed by atoms with Crippen LogP contribution in [0.25, 0.3) is 142 Å². The maximum atomic E-state index is 7.30. The van der Waals surface area contributed by atoms with Gasteiger partial charge in [-0.15, -0.1) is 11.3 Å². The van der Waals surface area contributed by atoms with Crippen LogP contribution in [-0.2, 0) is 17.3 Å². The van der Waals surface area contributed by atoms with Crippen molar-refractivity contribution in [2.45, 2.75) is 101 Å². The summed E-state index contributed by atoms with van der Waals surface area (Å²) in [7, 11) is 0. The number of anilines is 4. The van der Waals surface area contributed by atoms with Crippen LogP contribution in [0.5, 0.6) is 0 Å². The Morgan fingerprint density at radius 3 is 1.50 bits per heavy atom. The van der Waals surface area contributed by atoms with E-state index in [1.807, 2.05) is 11.3 Å². The molecule has 4 aromatic heterocycles. The van der Waals surface area contributed by atoms with Gasteiger partial charge in [-0.05, 0) is 254 Å². The lowest BCUT2D eigenvalue weighted by Crippen LogP contribution is -2.44. The minimum Gasteiger partial charge on any atom is -0.460 e. The lowest BCUT2D eigenvalue weighted by Gasteiger charge is -2.47. The van der Waals surface area contributed by atoms with Crippen LogP contribution in [0.2, 0.25) is 0 Å². The number of nitrogens with zero attached hydrogens (tertiary/aromatic N) is 2. The molecule has 4 heterocycles. The molecule has 550 valence electrons. The quantitative estimate of drug-likeness (QED) is 0.137. The summed E-state index contributed by atoms with van der Waals surface area (Å²) >= 11 is 1.91. The Morgan fingerprint density at radius 1 is 0.360 bits per heavy atom. The second kappa shape index (κ2) is 24.8. The van der Waals surface area contributed by atoms with Crippen LogP contribution in [0.15, 0.2) is 311 Å². The summed E-state index contributed by atoms with van der Waals surface area (Å²) in [4.78, 5) is 5.28. The summed E-state index contributed by atoms with van der Waals surface area (Å²) in [5, 5.41) is 8.33. The Labute approximate surface area is 667 Å². The molecule has 10 atom stereocenters. The first-order valence-electron chi connectivity index (χ1n) is 41.9.